The second-order valence-electron chi connectivity index (χ2n) is 6.25. The maximum atomic E-state index is 12.7. The lowest BCUT2D eigenvalue weighted by molar-refractivity contribution is -0.128. The number of fused-ring (bicyclic) bond motifs is 1. The van der Waals surface area contributed by atoms with Gasteiger partial charge in [0.05, 0.1) is 20.3 Å². The van der Waals surface area contributed by atoms with E-state index < -0.39 is 0 Å². The van der Waals surface area contributed by atoms with Crippen LogP contribution in [0.5, 0.6) is 11.5 Å². The van der Waals surface area contributed by atoms with E-state index in [0.717, 1.165) is 23.3 Å². The standard InChI is InChI=1S/C21H22ClNO3/c1-14-18-13-20(26-3)19(25-2)12-16(18)10-11-23(14)21(24)9-6-15-4-7-17(22)8-5-15/h4-9,12-14H,10-11H2,1-3H3/b9-6+/t14-/m0/s1. The zero-order valence-corrected chi connectivity index (χ0v) is 15.9. The first-order valence-corrected chi connectivity index (χ1v) is 8.90. The van der Waals surface area contributed by atoms with Gasteiger partial charge in [0.1, 0.15) is 0 Å². The predicted octanol–water partition coefficient (Wildman–Crippen LogP) is 4.52. The van der Waals surface area contributed by atoms with Crippen LogP contribution in [0, 0.1) is 0 Å². The quantitative estimate of drug-likeness (QED) is 0.742. The number of hydrogen-bond acceptors (Lipinski definition) is 3. The molecule has 0 unspecified atom stereocenters. The van der Waals surface area contributed by atoms with Crippen molar-refractivity contribution in [3.8, 4) is 11.5 Å². The van der Waals surface area contributed by atoms with Crippen molar-refractivity contribution >= 4 is 23.6 Å². The molecule has 5 heteroatoms. The van der Waals surface area contributed by atoms with Crippen molar-refractivity contribution in [2.45, 2.75) is 19.4 Å². The lowest BCUT2D eigenvalue weighted by Crippen LogP contribution is -2.37. The molecule has 4 nitrogen and oxygen atoms in total. The summed E-state index contributed by atoms with van der Waals surface area (Å²) in [7, 11) is 3.25. The molecule has 2 aromatic carbocycles. The second kappa shape index (κ2) is 7.83. The van der Waals surface area contributed by atoms with Gasteiger partial charge < -0.3 is 14.4 Å². The molecular formula is C21H22ClNO3. The molecule has 2 aromatic rings. The zero-order valence-electron chi connectivity index (χ0n) is 15.2. The zero-order chi connectivity index (χ0) is 18.7. The fraction of sp³-hybridized carbons (Fsp3) is 0.286. The molecule has 1 aliphatic heterocycles. The Bertz CT molecular complexity index is 830. The summed E-state index contributed by atoms with van der Waals surface area (Å²) < 4.78 is 10.8. The van der Waals surface area contributed by atoms with Crippen molar-refractivity contribution in [1.29, 1.82) is 0 Å². The van der Waals surface area contributed by atoms with E-state index in [2.05, 4.69) is 0 Å². The normalized spacial score (nSPS) is 16.5. The van der Waals surface area contributed by atoms with E-state index >= 15 is 0 Å². The van der Waals surface area contributed by atoms with Gasteiger partial charge in [-0.3, -0.25) is 4.79 Å². The molecule has 1 aliphatic rings. The Morgan fingerprint density at radius 3 is 2.46 bits per heavy atom. The third-order valence-corrected chi connectivity index (χ3v) is 5.01. The smallest absolute Gasteiger partial charge is 0.247 e. The monoisotopic (exact) mass is 371 g/mol. The number of nitrogens with zero attached hydrogens (tertiary/aromatic N) is 1. The third kappa shape index (κ3) is 3.70. The van der Waals surface area contributed by atoms with Crippen LogP contribution >= 0.6 is 11.6 Å². The second-order valence-corrected chi connectivity index (χ2v) is 6.68. The van der Waals surface area contributed by atoms with Gasteiger partial charge in [-0.15, -0.1) is 0 Å². The molecule has 26 heavy (non-hydrogen) atoms. The molecule has 1 atom stereocenters. The Kier molecular flexibility index (Phi) is 5.52. The predicted molar refractivity (Wildman–Crippen MR) is 104 cm³/mol. The Morgan fingerprint density at radius 2 is 1.81 bits per heavy atom. The van der Waals surface area contributed by atoms with Crippen LogP contribution in [0.2, 0.25) is 5.02 Å². The van der Waals surface area contributed by atoms with Crippen molar-refractivity contribution in [3.05, 3.63) is 64.2 Å². The maximum absolute atomic E-state index is 12.7. The van der Waals surface area contributed by atoms with Crippen LogP contribution in [0.15, 0.2) is 42.5 Å². The van der Waals surface area contributed by atoms with Crippen LogP contribution in [0.3, 0.4) is 0 Å². The molecule has 0 bridgehead atoms. The molecule has 1 amide bonds. The Labute approximate surface area is 159 Å². The number of ether oxygens (including phenoxy) is 2. The molecule has 3 rings (SSSR count). The summed E-state index contributed by atoms with van der Waals surface area (Å²) in [5, 5.41) is 0.680. The summed E-state index contributed by atoms with van der Waals surface area (Å²) in [4.78, 5) is 14.6. The highest BCUT2D eigenvalue weighted by atomic mass is 35.5. The van der Waals surface area contributed by atoms with Gasteiger partial charge >= 0.3 is 0 Å². The van der Waals surface area contributed by atoms with Crippen LogP contribution in [0.4, 0.5) is 0 Å². The number of rotatable bonds is 4. The van der Waals surface area contributed by atoms with Crippen LogP contribution in [0.25, 0.3) is 6.08 Å². The summed E-state index contributed by atoms with van der Waals surface area (Å²) in [5.74, 6) is 1.40. The molecule has 1 heterocycles. The van der Waals surface area contributed by atoms with E-state index in [4.69, 9.17) is 21.1 Å². The molecule has 0 spiro atoms. The minimum atomic E-state index is -0.0269. The highest BCUT2D eigenvalue weighted by Gasteiger charge is 2.28. The van der Waals surface area contributed by atoms with Crippen LogP contribution in [0.1, 0.15) is 29.7 Å². The summed E-state index contributed by atoms with van der Waals surface area (Å²) in [6.07, 6.45) is 4.22. The van der Waals surface area contributed by atoms with Crippen molar-refractivity contribution < 1.29 is 14.3 Å². The van der Waals surface area contributed by atoms with Gasteiger partial charge in [0.25, 0.3) is 0 Å². The molecular weight excluding hydrogens is 350 g/mol. The average molecular weight is 372 g/mol. The van der Waals surface area contributed by atoms with E-state index in [0.29, 0.717) is 17.3 Å². The van der Waals surface area contributed by atoms with E-state index in [1.807, 2.05) is 54.3 Å². The minimum absolute atomic E-state index is 0.00659. The van der Waals surface area contributed by atoms with E-state index in [-0.39, 0.29) is 11.9 Å². The fourth-order valence-corrected chi connectivity index (χ4v) is 3.41. The highest BCUT2D eigenvalue weighted by Crippen LogP contribution is 2.37. The van der Waals surface area contributed by atoms with Gasteiger partial charge in [0, 0.05) is 17.6 Å². The van der Waals surface area contributed by atoms with Gasteiger partial charge in [0.15, 0.2) is 11.5 Å². The minimum Gasteiger partial charge on any atom is -0.493 e. The van der Waals surface area contributed by atoms with Gasteiger partial charge in [-0.2, -0.15) is 0 Å². The number of benzene rings is 2. The molecule has 0 fully saturated rings. The lowest BCUT2D eigenvalue weighted by Gasteiger charge is -2.35. The molecule has 0 aromatic heterocycles. The fourth-order valence-electron chi connectivity index (χ4n) is 3.28. The summed E-state index contributed by atoms with van der Waals surface area (Å²) in [6, 6.07) is 11.4. The lowest BCUT2D eigenvalue weighted by atomic mass is 9.92. The van der Waals surface area contributed by atoms with Crippen molar-refractivity contribution in [3.63, 3.8) is 0 Å². The summed E-state index contributed by atoms with van der Waals surface area (Å²) >= 11 is 5.89. The third-order valence-electron chi connectivity index (χ3n) is 4.76. The molecule has 0 N–H and O–H groups in total. The van der Waals surface area contributed by atoms with Gasteiger partial charge in [-0.1, -0.05) is 23.7 Å². The largest absolute Gasteiger partial charge is 0.493 e. The average Bonchev–Trinajstić information content (AvgIpc) is 2.66. The highest BCUT2D eigenvalue weighted by molar-refractivity contribution is 6.30. The number of carbonyl (C=O) groups excluding carboxylic acids is 1. The maximum Gasteiger partial charge on any atom is 0.247 e. The first-order chi connectivity index (χ1) is 12.5. The van der Waals surface area contributed by atoms with Crippen molar-refractivity contribution in [1.82, 2.24) is 4.90 Å². The van der Waals surface area contributed by atoms with E-state index in [9.17, 15) is 4.79 Å². The molecule has 0 saturated carbocycles. The van der Waals surface area contributed by atoms with Crippen molar-refractivity contribution in [2.75, 3.05) is 20.8 Å². The van der Waals surface area contributed by atoms with E-state index in [1.165, 1.54) is 5.56 Å². The molecule has 0 aliphatic carbocycles. The van der Waals surface area contributed by atoms with E-state index in [1.54, 1.807) is 20.3 Å². The summed E-state index contributed by atoms with van der Waals surface area (Å²) in [6.45, 7) is 2.71. The Morgan fingerprint density at radius 1 is 1.15 bits per heavy atom. The number of amides is 1. The first kappa shape index (κ1) is 18.3. The van der Waals surface area contributed by atoms with Crippen LogP contribution in [-0.2, 0) is 11.2 Å². The molecule has 0 saturated heterocycles. The topological polar surface area (TPSA) is 38.8 Å². The number of methoxy groups -OCH3 is 2. The van der Waals surface area contributed by atoms with Crippen LogP contribution < -0.4 is 9.47 Å². The number of hydrogen-bond donors (Lipinski definition) is 0. The van der Waals surface area contributed by atoms with Gasteiger partial charge in [-0.25, -0.2) is 0 Å². The summed E-state index contributed by atoms with van der Waals surface area (Å²) in [5.41, 5.74) is 3.24. The first-order valence-electron chi connectivity index (χ1n) is 8.52. The SMILES string of the molecule is COc1cc2c(cc1OC)[C@H](C)N(C(=O)/C=C/c1ccc(Cl)cc1)CC2. The number of halogens is 1. The van der Waals surface area contributed by atoms with Crippen LogP contribution in [-0.4, -0.2) is 31.6 Å². The molecule has 0 radical (unpaired) electrons. The molecule has 136 valence electrons. The Hall–Kier alpha value is -2.46. The Balaban J connectivity index is 1.80. The van der Waals surface area contributed by atoms with Gasteiger partial charge in [-0.05, 0) is 60.4 Å². The number of carbonyl (C=O) groups is 1. The van der Waals surface area contributed by atoms with Gasteiger partial charge in [0.2, 0.25) is 5.91 Å². The van der Waals surface area contributed by atoms with Crippen molar-refractivity contribution in [2.24, 2.45) is 0 Å².